The Kier molecular flexibility index (Phi) is 4.57. The molecule has 1 fully saturated rings. The van der Waals surface area contributed by atoms with Crippen molar-refractivity contribution in [3.8, 4) is 0 Å². The molecule has 4 nitrogen and oxygen atoms in total. The number of rotatable bonds is 3. The van der Waals surface area contributed by atoms with Gasteiger partial charge in [-0.2, -0.15) is 0 Å². The van der Waals surface area contributed by atoms with Crippen LogP contribution in [0, 0.1) is 5.92 Å². The first kappa shape index (κ1) is 12.5. The van der Waals surface area contributed by atoms with Crippen molar-refractivity contribution in [2.24, 2.45) is 5.92 Å². The number of nitrogens with one attached hydrogen (secondary N) is 2. The highest BCUT2D eigenvalue weighted by molar-refractivity contribution is 9.10. The maximum Gasteiger partial charge on any atom is 0.242 e. The first-order chi connectivity index (χ1) is 7.02. The smallest absolute Gasteiger partial charge is 0.242 e. The fourth-order valence-corrected chi connectivity index (χ4v) is 1.60. The minimum Gasteiger partial charge on any atom is -0.354 e. The van der Waals surface area contributed by atoms with Gasteiger partial charge in [-0.25, -0.2) is 0 Å². The second-order valence-electron chi connectivity index (χ2n) is 4.14. The second-order valence-corrected chi connectivity index (χ2v) is 5.13. The molecule has 0 spiro atoms. The molecule has 0 bridgehead atoms. The molecule has 5 heteroatoms. The van der Waals surface area contributed by atoms with E-state index in [4.69, 9.17) is 0 Å². The lowest BCUT2D eigenvalue weighted by atomic mass is 10.1. The Hall–Kier alpha value is -0.580. The summed E-state index contributed by atoms with van der Waals surface area (Å²) in [5, 5.41) is 5.49. The summed E-state index contributed by atoms with van der Waals surface area (Å²) < 4.78 is 0. The summed E-state index contributed by atoms with van der Waals surface area (Å²) in [6, 6.07) is -0.356. The number of hydrogen-bond acceptors (Lipinski definition) is 2. The van der Waals surface area contributed by atoms with E-state index in [0.717, 1.165) is 12.8 Å². The first-order valence-corrected chi connectivity index (χ1v) is 6.16. The zero-order valence-electron chi connectivity index (χ0n) is 9.05. The van der Waals surface area contributed by atoms with Gasteiger partial charge in [0.15, 0.2) is 0 Å². The first-order valence-electron chi connectivity index (χ1n) is 5.24. The maximum atomic E-state index is 11.7. The van der Waals surface area contributed by atoms with Crippen LogP contribution in [0.1, 0.15) is 26.7 Å². The quantitative estimate of drug-likeness (QED) is 0.750. The molecule has 2 amide bonds. The monoisotopic (exact) mass is 276 g/mol. The van der Waals surface area contributed by atoms with Gasteiger partial charge in [-0.05, 0) is 18.8 Å². The highest BCUT2D eigenvalue weighted by Gasteiger charge is 2.27. The van der Waals surface area contributed by atoms with Crippen molar-refractivity contribution in [1.82, 2.24) is 10.6 Å². The van der Waals surface area contributed by atoms with Gasteiger partial charge in [0.05, 0.1) is 4.83 Å². The van der Waals surface area contributed by atoms with Crippen molar-refractivity contribution in [3.63, 3.8) is 0 Å². The van der Waals surface area contributed by atoms with Gasteiger partial charge in [0, 0.05) is 6.54 Å². The number of alkyl halides is 1. The van der Waals surface area contributed by atoms with E-state index >= 15 is 0 Å². The van der Waals surface area contributed by atoms with Gasteiger partial charge in [0.2, 0.25) is 11.8 Å². The van der Waals surface area contributed by atoms with Crippen LogP contribution in [-0.2, 0) is 9.59 Å². The Morgan fingerprint density at radius 3 is 2.80 bits per heavy atom. The number of amides is 2. The van der Waals surface area contributed by atoms with Crippen LogP contribution >= 0.6 is 15.9 Å². The minimum atomic E-state index is -0.356. The lowest BCUT2D eigenvalue weighted by Crippen LogP contribution is -2.52. The van der Waals surface area contributed by atoms with Crippen molar-refractivity contribution < 1.29 is 9.59 Å². The standard InChI is InChI=1S/C10H17BrN2O2/c1-6(2)8(11)10(15)13-7-4-3-5-12-9(7)14/h6-8H,3-5H2,1-2H3,(H,12,14)(H,13,15). The Bertz CT molecular complexity index is 256. The van der Waals surface area contributed by atoms with E-state index in [1.165, 1.54) is 0 Å². The van der Waals surface area contributed by atoms with Crippen molar-refractivity contribution in [1.29, 1.82) is 0 Å². The molecule has 15 heavy (non-hydrogen) atoms. The van der Waals surface area contributed by atoms with E-state index in [1.54, 1.807) is 0 Å². The summed E-state index contributed by atoms with van der Waals surface area (Å²) >= 11 is 3.31. The highest BCUT2D eigenvalue weighted by Crippen LogP contribution is 2.13. The molecule has 1 heterocycles. The maximum absolute atomic E-state index is 11.7. The van der Waals surface area contributed by atoms with Gasteiger partial charge in [0.1, 0.15) is 6.04 Å². The third kappa shape index (κ3) is 3.48. The molecule has 1 rings (SSSR count). The third-order valence-corrected chi connectivity index (χ3v) is 3.91. The molecule has 0 saturated carbocycles. The molecule has 1 aliphatic heterocycles. The Morgan fingerprint density at radius 1 is 1.60 bits per heavy atom. The Labute approximate surface area is 98.3 Å². The van der Waals surface area contributed by atoms with Crippen LogP contribution in [-0.4, -0.2) is 29.2 Å². The van der Waals surface area contributed by atoms with E-state index in [2.05, 4.69) is 26.6 Å². The second kappa shape index (κ2) is 5.49. The minimum absolute atomic E-state index is 0.0712. The van der Waals surface area contributed by atoms with Gasteiger partial charge < -0.3 is 10.6 Å². The van der Waals surface area contributed by atoms with Crippen LogP contribution in [0.3, 0.4) is 0 Å². The summed E-state index contributed by atoms with van der Waals surface area (Å²) in [6.45, 7) is 4.63. The summed E-state index contributed by atoms with van der Waals surface area (Å²) in [5.41, 5.74) is 0. The molecule has 2 unspecified atom stereocenters. The van der Waals surface area contributed by atoms with Crippen LogP contribution in [0.25, 0.3) is 0 Å². The van der Waals surface area contributed by atoms with Gasteiger partial charge in [-0.15, -0.1) is 0 Å². The third-order valence-electron chi connectivity index (χ3n) is 2.44. The average molecular weight is 277 g/mol. The fourth-order valence-electron chi connectivity index (χ4n) is 1.46. The average Bonchev–Trinajstić information content (AvgIpc) is 2.20. The summed E-state index contributed by atoms with van der Waals surface area (Å²) in [7, 11) is 0. The Balaban J connectivity index is 2.46. The number of carbonyl (C=O) groups is 2. The normalized spacial score (nSPS) is 23.5. The largest absolute Gasteiger partial charge is 0.354 e. The zero-order chi connectivity index (χ0) is 11.4. The van der Waals surface area contributed by atoms with E-state index in [1.807, 2.05) is 13.8 Å². The lowest BCUT2D eigenvalue weighted by molar-refractivity contribution is -0.130. The molecular weight excluding hydrogens is 260 g/mol. The molecule has 2 N–H and O–H groups in total. The molecule has 0 aromatic rings. The SMILES string of the molecule is CC(C)C(Br)C(=O)NC1CCCNC1=O. The molecule has 0 aromatic carbocycles. The summed E-state index contributed by atoms with van der Waals surface area (Å²) in [5.74, 6) is 0.0433. The summed E-state index contributed by atoms with van der Waals surface area (Å²) in [4.78, 5) is 22.8. The van der Waals surface area contributed by atoms with Gasteiger partial charge >= 0.3 is 0 Å². The van der Waals surface area contributed by atoms with Crippen LogP contribution in [0.15, 0.2) is 0 Å². The number of piperidine rings is 1. The topological polar surface area (TPSA) is 58.2 Å². The molecular formula is C10H17BrN2O2. The predicted molar refractivity (Wildman–Crippen MR) is 61.7 cm³/mol. The molecule has 0 radical (unpaired) electrons. The van der Waals surface area contributed by atoms with Crippen molar-refractivity contribution in [2.45, 2.75) is 37.6 Å². The van der Waals surface area contributed by atoms with Crippen LogP contribution in [0.4, 0.5) is 0 Å². The fraction of sp³-hybridized carbons (Fsp3) is 0.800. The van der Waals surface area contributed by atoms with E-state index in [9.17, 15) is 9.59 Å². The van der Waals surface area contributed by atoms with Crippen molar-refractivity contribution in [2.75, 3.05) is 6.54 Å². The number of hydrogen-bond donors (Lipinski definition) is 2. The van der Waals surface area contributed by atoms with Crippen LogP contribution < -0.4 is 10.6 Å². The number of carbonyl (C=O) groups excluding carboxylic acids is 2. The molecule has 0 aromatic heterocycles. The summed E-state index contributed by atoms with van der Waals surface area (Å²) in [6.07, 6.45) is 1.65. The van der Waals surface area contributed by atoms with E-state index in [-0.39, 0.29) is 28.6 Å². The molecule has 2 atom stereocenters. The van der Waals surface area contributed by atoms with Gasteiger partial charge in [-0.3, -0.25) is 9.59 Å². The molecule has 1 aliphatic rings. The molecule has 86 valence electrons. The van der Waals surface area contributed by atoms with Crippen molar-refractivity contribution in [3.05, 3.63) is 0 Å². The molecule has 0 aliphatic carbocycles. The number of halogens is 1. The Morgan fingerprint density at radius 2 is 2.27 bits per heavy atom. The predicted octanol–water partition coefficient (Wildman–Crippen LogP) is 0.801. The van der Waals surface area contributed by atoms with Crippen LogP contribution in [0.2, 0.25) is 0 Å². The van der Waals surface area contributed by atoms with Gasteiger partial charge in [-0.1, -0.05) is 29.8 Å². The van der Waals surface area contributed by atoms with Crippen molar-refractivity contribution >= 4 is 27.7 Å². The van der Waals surface area contributed by atoms with Crippen LogP contribution in [0.5, 0.6) is 0 Å². The van der Waals surface area contributed by atoms with E-state index < -0.39 is 0 Å². The van der Waals surface area contributed by atoms with Gasteiger partial charge in [0.25, 0.3) is 0 Å². The molecule has 1 saturated heterocycles. The highest BCUT2D eigenvalue weighted by atomic mass is 79.9. The zero-order valence-corrected chi connectivity index (χ0v) is 10.6. The van der Waals surface area contributed by atoms with E-state index in [0.29, 0.717) is 6.54 Å². The lowest BCUT2D eigenvalue weighted by Gasteiger charge is -2.24.